The van der Waals surface area contributed by atoms with Crippen molar-refractivity contribution in [3.63, 3.8) is 0 Å². The van der Waals surface area contributed by atoms with Gasteiger partial charge in [0.2, 0.25) is 0 Å². The fraction of sp³-hybridized carbons (Fsp3) is 0.211. The molecule has 1 aliphatic carbocycles. The van der Waals surface area contributed by atoms with Crippen LogP contribution in [0, 0.1) is 0 Å². The molecule has 0 aliphatic heterocycles. The number of hydrogen-bond donors (Lipinski definition) is 1. The minimum Gasteiger partial charge on any atom is -0.326 e. The minimum absolute atomic E-state index is 0.479. The molecule has 4 rings (SSSR count). The number of hydrogen-bond acceptors (Lipinski definition) is 3. The molecule has 1 heterocycles. The van der Waals surface area contributed by atoms with Crippen LogP contribution < -0.4 is 15.1 Å². The first-order valence-corrected chi connectivity index (χ1v) is 11.7. The largest absolute Gasteiger partial charge is 0.326 e. The summed E-state index contributed by atoms with van der Waals surface area (Å²) in [6, 6.07) is 14.5. The van der Waals surface area contributed by atoms with E-state index in [1.54, 1.807) is 29.5 Å². The second kappa shape index (κ2) is 7.36. The van der Waals surface area contributed by atoms with Crippen LogP contribution in [0.15, 0.2) is 48.5 Å². The van der Waals surface area contributed by atoms with E-state index in [0.717, 1.165) is 31.4 Å². The number of nitrogens with one attached hydrogen (secondary N) is 1. The lowest BCUT2D eigenvalue weighted by Gasteiger charge is -2.20. The first-order chi connectivity index (χ1) is 12.6. The van der Waals surface area contributed by atoms with Crippen LogP contribution in [-0.4, -0.2) is 4.98 Å². The van der Waals surface area contributed by atoms with Crippen LogP contribution in [0.3, 0.4) is 0 Å². The van der Waals surface area contributed by atoms with Crippen molar-refractivity contribution < 1.29 is 4.57 Å². The number of halogens is 2. The number of fused-ring (bicyclic) bond motifs is 1. The Labute approximate surface area is 166 Å². The lowest BCUT2D eigenvalue weighted by Crippen LogP contribution is -2.22. The molecule has 0 saturated carbocycles. The molecule has 0 radical (unpaired) electrons. The molecule has 0 fully saturated rings. The quantitative estimate of drug-likeness (QED) is 0.550. The molecule has 0 saturated heterocycles. The molecular formula is C19H17Cl2N2OPS. The topological polar surface area (TPSA) is 42.0 Å². The van der Waals surface area contributed by atoms with Crippen LogP contribution >= 0.6 is 41.8 Å². The van der Waals surface area contributed by atoms with E-state index in [9.17, 15) is 4.57 Å². The number of thiazole rings is 1. The summed E-state index contributed by atoms with van der Waals surface area (Å²) >= 11 is 14.0. The molecule has 7 heteroatoms. The molecule has 0 bridgehead atoms. The highest BCUT2D eigenvalue weighted by Crippen LogP contribution is 2.47. The molecule has 3 aromatic rings. The first kappa shape index (κ1) is 18.1. The number of benzene rings is 2. The van der Waals surface area contributed by atoms with Crippen LogP contribution in [0.4, 0.5) is 5.69 Å². The van der Waals surface area contributed by atoms with Crippen LogP contribution in [-0.2, 0) is 17.4 Å². The molecule has 1 aliphatic rings. The summed E-state index contributed by atoms with van der Waals surface area (Å²) < 4.78 is 14.8. The van der Waals surface area contributed by atoms with Gasteiger partial charge in [0.1, 0.15) is 0 Å². The normalized spacial score (nSPS) is 15.9. The standard InChI is InChI=1S/C19H17Cl2N2OPS/c20-13-10-11-15(21)17(12-13)23-25(24,14-6-2-1-3-7-14)19-22-16-8-4-5-9-18(16)26-19/h1-3,6-7,10-12H,4-5,8-9H2,(H,23,24)/t25-/m1/s1. The third-order valence-electron chi connectivity index (χ3n) is 4.43. The molecule has 1 aromatic heterocycles. The Morgan fingerprint density at radius 3 is 2.58 bits per heavy atom. The van der Waals surface area contributed by atoms with Crippen LogP contribution in [0.5, 0.6) is 0 Å². The zero-order valence-corrected chi connectivity index (χ0v) is 17.1. The molecular weight excluding hydrogens is 406 g/mol. The van der Waals surface area contributed by atoms with Gasteiger partial charge < -0.3 is 5.09 Å². The third kappa shape index (κ3) is 3.44. The zero-order chi connectivity index (χ0) is 18.1. The monoisotopic (exact) mass is 422 g/mol. The highest BCUT2D eigenvalue weighted by atomic mass is 35.5. The highest BCUT2D eigenvalue weighted by molar-refractivity contribution is 7.84. The zero-order valence-electron chi connectivity index (χ0n) is 13.9. The fourth-order valence-corrected chi connectivity index (χ4v) is 7.50. The van der Waals surface area contributed by atoms with Gasteiger partial charge in [-0.2, -0.15) is 0 Å². The van der Waals surface area contributed by atoms with E-state index >= 15 is 0 Å². The molecule has 134 valence electrons. The summed E-state index contributed by atoms with van der Waals surface area (Å²) in [6.07, 6.45) is 4.27. The van der Waals surface area contributed by atoms with E-state index < -0.39 is 7.29 Å². The molecule has 0 amide bonds. The number of nitrogens with zero attached hydrogens (tertiary/aromatic N) is 1. The summed E-state index contributed by atoms with van der Waals surface area (Å²) in [6.45, 7) is 0. The smallest absolute Gasteiger partial charge is 0.254 e. The fourth-order valence-electron chi connectivity index (χ4n) is 3.09. The van der Waals surface area contributed by atoms with Gasteiger partial charge >= 0.3 is 0 Å². The minimum atomic E-state index is -3.18. The van der Waals surface area contributed by atoms with Crippen molar-refractivity contribution in [2.75, 3.05) is 5.09 Å². The van der Waals surface area contributed by atoms with E-state index in [2.05, 4.69) is 5.09 Å². The molecule has 0 unspecified atom stereocenters. The predicted octanol–water partition coefficient (Wildman–Crippen LogP) is 5.67. The van der Waals surface area contributed by atoms with Gasteiger partial charge in [0.05, 0.1) is 16.4 Å². The first-order valence-electron chi connectivity index (χ1n) is 8.44. The molecule has 1 atom stereocenters. The number of anilines is 1. The molecule has 1 N–H and O–H groups in total. The van der Waals surface area contributed by atoms with Gasteiger partial charge in [-0.3, -0.25) is 4.57 Å². The van der Waals surface area contributed by atoms with Crippen LogP contribution in [0.1, 0.15) is 23.4 Å². The van der Waals surface area contributed by atoms with Crippen molar-refractivity contribution in [2.24, 2.45) is 0 Å². The van der Waals surface area contributed by atoms with Crippen LogP contribution in [0.2, 0.25) is 10.0 Å². The number of aryl methyl sites for hydroxylation is 2. The summed E-state index contributed by atoms with van der Waals surface area (Å²) in [5, 5.41) is 4.92. The summed E-state index contributed by atoms with van der Waals surface area (Å²) in [4.78, 5) is 6.02. The number of rotatable bonds is 4. The van der Waals surface area contributed by atoms with E-state index in [0.29, 0.717) is 25.8 Å². The maximum atomic E-state index is 14.2. The van der Waals surface area contributed by atoms with Gasteiger partial charge in [-0.15, -0.1) is 11.3 Å². The van der Waals surface area contributed by atoms with Gasteiger partial charge in [-0.05, 0) is 56.0 Å². The average molecular weight is 423 g/mol. The Morgan fingerprint density at radius 1 is 1.04 bits per heavy atom. The Hall–Kier alpha value is -1.32. The predicted molar refractivity (Wildman–Crippen MR) is 112 cm³/mol. The molecule has 26 heavy (non-hydrogen) atoms. The van der Waals surface area contributed by atoms with Crippen molar-refractivity contribution in [3.05, 3.63) is 69.1 Å². The van der Waals surface area contributed by atoms with E-state index in [-0.39, 0.29) is 0 Å². The van der Waals surface area contributed by atoms with Crippen molar-refractivity contribution in [3.8, 4) is 0 Å². The van der Waals surface area contributed by atoms with E-state index in [1.807, 2.05) is 30.3 Å². The number of aromatic nitrogens is 1. The average Bonchev–Trinajstić information content (AvgIpc) is 3.10. The second-order valence-corrected chi connectivity index (χ2v) is 10.9. The lowest BCUT2D eigenvalue weighted by molar-refractivity contribution is 0.590. The Balaban J connectivity index is 1.84. The van der Waals surface area contributed by atoms with Crippen molar-refractivity contribution in [1.29, 1.82) is 0 Å². The molecule has 3 nitrogen and oxygen atoms in total. The Kier molecular flexibility index (Phi) is 5.11. The van der Waals surface area contributed by atoms with Crippen molar-refractivity contribution in [1.82, 2.24) is 4.98 Å². The van der Waals surface area contributed by atoms with E-state index in [4.69, 9.17) is 28.2 Å². The maximum Gasteiger partial charge on any atom is 0.254 e. The lowest BCUT2D eigenvalue weighted by atomic mass is 10.0. The Bertz CT molecular complexity index is 967. The summed E-state index contributed by atoms with van der Waals surface area (Å²) in [5.41, 5.74) is 1.64. The SMILES string of the molecule is O=[P@](Nc1cc(Cl)ccc1Cl)(c1ccccc1)c1nc2c(s1)CCCC2. The van der Waals surface area contributed by atoms with Gasteiger partial charge in [-0.25, -0.2) is 4.98 Å². The van der Waals surface area contributed by atoms with Gasteiger partial charge in [0.15, 0.2) is 4.75 Å². The van der Waals surface area contributed by atoms with Crippen molar-refractivity contribution in [2.45, 2.75) is 25.7 Å². The summed E-state index contributed by atoms with van der Waals surface area (Å²) in [5.74, 6) is 0. The van der Waals surface area contributed by atoms with E-state index in [1.165, 1.54) is 4.88 Å². The Morgan fingerprint density at radius 2 is 1.81 bits per heavy atom. The van der Waals surface area contributed by atoms with Crippen molar-refractivity contribution >= 4 is 57.6 Å². The second-order valence-electron chi connectivity index (χ2n) is 6.25. The molecule has 2 aromatic carbocycles. The van der Waals surface area contributed by atoms with Gasteiger partial charge in [0.25, 0.3) is 7.29 Å². The summed E-state index contributed by atoms with van der Waals surface area (Å²) in [7, 11) is -3.18. The van der Waals surface area contributed by atoms with Gasteiger partial charge in [0, 0.05) is 15.2 Å². The third-order valence-corrected chi connectivity index (χ3v) is 9.22. The molecule has 0 spiro atoms. The highest BCUT2D eigenvalue weighted by Gasteiger charge is 2.33. The maximum absolute atomic E-state index is 14.2. The van der Waals surface area contributed by atoms with Gasteiger partial charge in [-0.1, -0.05) is 41.4 Å². The van der Waals surface area contributed by atoms with Crippen LogP contribution in [0.25, 0.3) is 0 Å².